The summed E-state index contributed by atoms with van der Waals surface area (Å²) in [7, 11) is 0. The Morgan fingerprint density at radius 1 is 1.13 bits per heavy atom. The SMILES string of the molecule is O=C1CCCN1CCOc1ccc(C2=CC=CN(Cc3ccc(Cl)cc3F)C2)cc1. The van der Waals surface area contributed by atoms with E-state index in [1.165, 1.54) is 6.07 Å². The van der Waals surface area contributed by atoms with Crippen molar-refractivity contribution in [2.24, 2.45) is 0 Å². The number of rotatable bonds is 7. The molecule has 6 heteroatoms. The molecule has 0 N–H and O–H groups in total. The monoisotopic (exact) mass is 426 g/mol. The third-order valence-corrected chi connectivity index (χ3v) is 5.62. The Kier molecular flexibility index (Phi) is 6.38. The first kappa shape index (κ1) is 20.5. The fourth-order valence-electron chi connectivity index (χ4n) is 3.75. The van der Waals surface area contributed by atoms with Crippen molar-refractivity contribution in [1.82, 2.24) is 9.80 Å². The van der Waals surface area contributed by atoms with E-state index < -0.39 is 0 Å². The van der Waals surface area contributed by atoms with Crippen LogP contribution in [0.1, 0.15) is 24.0 Å². The lowest BCUT2D eigenvalue weighted by molar-refractivity contribution is -0.128. The fraction of sp³-hybridized carbons (Fsp3) is 0.292. The van der Waals surface area contributed by atoms with Crippen LogP contribution in [0.5, 0.6) is 5.75 Å². The lowest BCUT2D eigenvalue weighted by Gasteiger charge is -2.25. The van der Waals surface area contributed by atoms with E-state index in [4.69, 9.17) is 16.3 Å². The summed E-state index contributed by atoms with van der Waals surface area (Å²) in [5, 5.41) is 0.403. The normalized spacial score (nSPS) is 16.2. The maximum atomic E-state index is 14.1. The number of ether oxygens (including phenoxy) is 1. The first-order chi connectivity index (χ1) is 14.6. The Morgan fingerprint density at radius 3 is 2.70 bits per heavy atom. The van der Waals surface area contributed by atoms with E-state index in [0.717, 1.165) is 29.9 Å². The molecule has 1 amide bonds. The van der Waals surface area contributed by atoms with Gasteiger partial charge in [0, 0.05) is 36.6 Å². The van der Waals surface area contributed by atoms with Crippen molar-refractivity contribution in [3.63, 3.8) is 0 Å². The number of hydrogen-bond acceptors (Lipinski definition) is 3. The van der Waals surface area contributed by atoms with E-state index in [0.29, 0.717) is 43.2 Å². The van der Waals surface area contributed by atoms with Crippen LogP contribution >= 0.6 is 11.6 Å². The smallest absolute Gasteiger partial charge is 0.222 e. The molecule has 0 aromatic heterocycles. The molecule has 0 bridgehead atoms. The zero-order valence-electron chi connectivity index (χ0n) is 16.7. The van der Waals surface area contributed by atoms with Crippen LogP contribution < -0.4 is 4.74 Å². The minimum atomic E-state index is -0.288. The molecule has 1 saturated heterocycles. The van der Waals surface area contributed by atoms with Crippen molar-refractivity contribution in [3.8, 4) is 5.75 Å². The number of amides is 1. The van der Waals surface area contributed by atoms with Crippen molar-refractivity contribution in [2.45, 2.75) is 19.4 Å². The number of allylic oxidation sites excluding steroid dienone is 2. The average molecular weight is 427 g/mol. The Labute approximate surface area is 181 Å². The van der Waals surface area contributed by atoms with Crippen LogP contribution in [0.4, 0.5) is 4.39 Å². The largest absolute Gasteiger partial charge is 0.492 e. The van der Waals surface area contributed by atoms with E-state index in [2.05, 4.69) is 11.0 Å². The van der Waals surface area contributed by atoms with Gasteiger partial charge in [-0.1, -0.05) is 35.9 Å². The Balaban J connectivity index is 1.32. The van der Waals surface area contributed by atoms with Crippen LogP contribution in [0.25, 0.3) is 5.57 Å². The second kappa shape index (κ2) is 9.35. The van der Waals surface area contributed by atoms with Gasteiger partial charge >= 0.3 is 0 Å². The summed E-state index contributed by atoms with van der Waals surface area (Å²) in [6.45, 7) is 3.13. The minimum absolute atomic E-state index is 0.217. The number of carbonyl (C=O) groups is 1. The maximum absolute atomic E-state index is 14.1. The van der Waals surface area contributed by atoms with Crippen molar-refractivity contribution in [2.75, 3.05) is 26.2 Å². The van der Waals surface area contributed by atoms with Crippen molar-refractivity contribution >= 4 is 23.1 Å². The first-order valence-corrected chi connectivity index (χ1v) is 10.5. The zero-order valence-corrected chi connectivity index (χ0v) is 17.4. The molecule has 4 nitrogen and oxygen atoms in total. The molecule has 30 heavy (non-hydrogen) atoms. The Bertz CT molecular complexity index is 972. The van der Waals surface area contributed by atoms with Crippen LogP contribution in [0.3, 0.4) is 0 Å². The highest BCUT2D eigenvalue weighted by Gasteiger charge is 2.19. The van der Waals surface area contributed by atoms with Crippen LogP contribution in [0.15, 0.2) is 60.8 Å². The fourth-order valence-corrected chi connectivity index (χ4v) is 3.91. The van der Waals surface area contributed by atoms with Gasteiger partial charge in [0.15, 0.2) is 0 Å². The number of benzene rings is 2. The molecule has 0 atom stereocenters. The van der Waals surface area contributed by atoms with Crippen molar-refractivity contribution in [3.05, 3.63) is 82.8 Å². The molecule has 2 aromatic carbocycles. The highest BCUT2D eigenvalue weighted by Crippen LogP contribution is 2.24. The van der Waals surface area contributed by atoms with Gasteiger partial charge in [0.2, 0.25) is 5.91 Å². The van der Waals surface area contributed by atoms with Gasteiger partial charge in [0.05, 0.1) is 6.54 Å². The number of nitrogens with zero attached hydrogens (tertiary/aromatic N) is 2. The van der Waals surface area contributed by atoms with Gasteiger partial charge in [-0.15, -0.1) is 0 Å². The lowest BCUT2D eigenvalue weighted by Crippen LogP contribution is -2.29. The molecular weight excluding hydrogens is 403 g/mol. The third-order valence-electron chi connectivity index (χ3n) is 5.38. The molecule has 0 unspecified atom stereocenters. The molecule has 0 spiro atoms. The summed E-state index contributed by atoms with van der Waals surface area (Å²) < 4.78 is 19.9. The Morgan fingerprint density at radius 2 is 1.97 bits per heavy atom. The topological polar surface area (TPSA) is 32.8 Å². The summed E-state index contributed by atoms with van der Waals surface area (Å²) in [6.07, 6.45) is 7.61. The van der Waals surface area contributed by atoms with Crippen LogP contribution in [-0.2, 0) is 11.3 Å². The summed E-state index contributed by atoms with van der Waals surface area (Å²) in [5.41, 5.74) is 2.87. The molecule has 0 aliphatic carbocycles. The lowest BCUT2D eigenvalue weighted by atomic mass is 10.0. The second-order valence-corrected chi connectivity index (χ2v) is 7.97. The van der Waals surface area contributed by atoms with E-state index in [-0.39, 0.29) is 11.7 Å². The van der Waals surface area contributed by atoms with E-state index >= 15 is 0 Å². The minimum Gasteiger partial charge on any atom is -0.492 e. The molecule has 0 saturated carbocycles. The first-order valence-electron chi connectivity index (χ1n) is 10.1. The van der Waals surface area contributed by atoms with Gasteiger partial charge in [-0.3, -0.25) is 4.79 Å². The van der Waals surface area contributed by atoms with E-state index in [9.17, 15) is 9.18 Å². The second-order valence-electron chi connectivity index (χ2n) is 7.53. The summed E-state index contributed by atoms with van der Waals surface area (Å²) in [5.74, 6) is 0.718. The van der Waals surface area contributed by atoms with Gasteiger partial charge < -0.3 is 14.5 Å². The molecule has 0 radical (unpaired) electrons. The van der Waals surface area contributed by atoms with Gasteiger partial charge in [0.1, 0.15) is 18.2 Å². The molecule has 2 aromatic rings. The van der Waals surface area contributed by atoms with E-state index in [1.807, 2.05) is 41.4 Å². The number of halogens is 2. The average Bonchev–Trinajstić information content (AvgIpc) is 3.16. The highest BCUT2D eigenvalue weighted by molar-refractivity contribution is 6.30. The van der Waals surface area contributed by atoms with E-state index in [1.54, 1.807) is 12.1 Å². The predicted molar refractivity (Wildman–Crippen MR) is 117 cm³/mol. The molecule has 2 aliphatic heterocycles. The standard InChI is InChI=1S/C24H24ClFN2O2/c25-21-8-5-20(23(26)15-21)17-27-11-1-3-19(16-27)18-6-9-22(10-7-18)30-14-13-28-12-2-4-24(28)29/h1,3,5-11,15H,2,4,12-14,16-17H2. The molecule has 156 valence electrons. The van der Waals surface area contributed by atoms with Crippen LogP contribution in [-0.4, -0.2) is 41.9 Å². The van der Waals surface area contributed by atoms with Gasteiger partial charge in [-0.25, -0.2) is 4.39 Å². The summed E-state index contributed by atoms with van der Waals surface area (Å²) in [4.78, 5) is 15.6. The molecule has 2 heterocycles. The zero-order chi connectivity index (χ0) is 20.9. The Hall–Kier alpha value is -2.79. The van der Waals surface area contributed by atoms with Crippen LogP contribution in [0.2, 0.25) is 5.02 Å². The third kappa shape index (κ3) is 5.03. The highest BCUT2D eigenvalue weighted by atomic mass is 35.5. The van der Waals surface area contributed by atoms with Gasteiger partial charge in [0.25, 0.3) is 0 Å². The van der Waals surface area contributed by atoms with Crippen molar-refractivity contribution < 1.29 is 13.9 Å². The predicted octanol–water partition coefficient (Wildman–Crippen LogP) is 4.89. The van der Waals surface area contributed by atoms with Gasteiger partial charge in [-0.05, 0) is 54.1 Å². The summed E-state index contributed by atoms with van der Waals surface area (Å²) >= 11 is 5.84. The quantitative estimate of drug-likeness (QED) is 0.631. The number of likely N-dealkylation sites (tertiary alicyclic amines) is 1. The molecular formula is C24H24ClFN2O2. The molecule has 2 aliphatic rings. The van der Waals surface area contributed by atoms with Gasteiger partial charge in [-0.2, -0.15) is 0 Å². The maximum Gasteiger partial charge on any atom is 0.222 e. The molecule has 4 rings (SSSR count). The summed E-state index contributed by atoms with van der Waals surface area (Å²) in [6, 6.07) is 12.7. The van der Waals surface area contributed by atoms with Crippen molar-refractivity contribution in [1.29, 1.82) is 0 Å². The number of carbonyl (C=O) groups excluding carboxylic acids is 1. The number of hydrogen-bond donors (Lipinski definition) is 0. The molecule has 1 fully saturated rings. The van der Waals surface area contributed by atoms with Crippen LogP contribution in [0, 0.1) is 5.82 Å².